The largest absolute Gasteiger partial charge is 0.482 e. The van der Waals surface area contributed by atoms with E-state index in [1.165, 1.54) is 11.9 Å². The number of aromatic nitrogens is 2. The third-order valence-electron chi connectivity index (χ3n) is 5.42. The number of carbonyl (C=O) groups excluding carboxylic acids is 1. The van der Waals surface area contributed by atoms with Crippen LogP contribution in [-0.2, 0) is 11.3 Å². The first-order valence-electron chi connectivity index (χ1n) is 10.4. The third kappa shape index (κ3) is 4.73. The number of fused-ring (bicyclic) bond motifs is 1. The molecule has 33 heavy (non-hydrogen) atoms. The van der Waals surface area contributed by atoms with Gasteiger partial charge in [0.15, 0.2) is 6.61 Å². The van der Waals surface area contributed by atoms with E-state index in [1.54, 1.807) is 23.5 Å². The Balaban J connectivity index is 1.45. The van der Waals surface area contributed by atoms with E-state index < -0.39 is 0 Å². The molecule has 0 atom stereocenters. The number of carbonyl (C=O) groups is 1. The summed E-state index contributed by atoms with van der Waals surface area (Å²) in [5.41, 5.74) is 4.79. The lowest BCUT2D eigenvalue weighted by Gasteiger charge is -2.30. The van der Waals surface area contributed by atoms with Gasteiger partial charge in [-0.3, -0.25) is 20.2 Å². The average Bonchev–Trinajstić information content (AvgIpc) is 2.86. The van der Waals surface area contributed by atoms with Gasteiger partial charge in [0.25, 0.3) is 5.91 Å². The Morgan fingerprint density at radius 3 is 2.70 bits per heavy atom. The van der Waals surface area contributed by atoms with Crippen molar-refractivity contribution in [3.8, 4) is 16.9 Å². The summed E-state index contributed by atoms with van der Waals surface area (Å²) in [6, 6.07) is 21.7. The van der Waals surface area contributed by atoms with E-state index in [2.05, 4.69) is 9.97 Å². The summed E-state index contributed by atoms with van der Waals surface area (Å²) in [6.07, 6.45) is 5.25. The van der Waals surface area contributed by atoms with Crippen molar-refractivity contribution in [1.29, 1.82) is 0 Å². The molecule has 0 aliphatic carbocycles. The van der Waals surface area contributed by atoms with E-state index in [0.717, 1.165) is 38.8 Å². The highest BCUT2D eigenvalue weighted by Crippen LogP contribution is 2.37. The molecule has 4 N–H and O–H groups in total. The van der Waals surface area contributed by atoms with Crippen molar-refractivity contribution < 1.29 is 14.8 Å². The lowest BCUT2D eigenvalue weighted by molar-refractivity contribution is -0.483. The number of quaternary nitrogens is 1. The van der Waals surface area contributed by atoms with Gasteiger partial charge in [0.1, 0.15) is 11.4 Å². The van der Waals surface area contributed by atoms with Gasteiger partial charge in [0.05, 0.1) is 12.2 Å². The zero-order valence-electron chi connectivity index (χ0n) is 17.7. The molecular weight excluding hydrogens is 434 g/mol. The highest BCUT2D eigenvalue weighted by molar-refractivity contribution is 7.97. The Morgan fingerprint density at radius 1 is 1.00 bits per heavy atom. The molecule has 1 aliphatic rings. The fraction of sp³-hybridized carbons (Fsp3) is 0.0800. The second-order valence-corrected chi connectivity index (χ2v) is 8.32. The molecule has 0 spiro atoms. The van der Waals surface area contributed by atoms with Crippen molar-refractivity contribution in [1.82, 2.24) is 9.97 Å². The van der Waals surface area contributed by atoms with Crippen LogP contribution in [0, 0.1) is 0 Å². The number of hydrogen-bond donors (Lipinski definition) is 2. The molecule has 0 fully saturated rings. The molecule has 0 saturated carbocycles. The van der Waals surface area contributed by atoms with Crippen molar-refractivity contribution in [3.63, 3.8) is 0 Å². The van der Waals surface area contributed by atoms with Crippen molar-refractivity contribution in [2.24, 2.45) is 5.14 Å². The van der Waals surface area contributed by atoms with Gasteiger partial charge >= 0.3 is 0 Å². The Morgan fingerprint density at radius 2 is 1.85 bits per heavy atom. The minimum Gasteiger partial charge on any atom is -0.482 e. The molecule has 7 nitrogen and oxygen atoms in total. The Bertz CT molecular complexity index is 1300. The van der Waals surface area contributed by atoms with Gasteiger partial charge in [0, 0.05) is 35.6 Å². The quantitative estimate of drug-likeness (QED) is 0.340. The van der Waals surface area contributed by atoms with Gasteiger partial charge in [0.2, 0.25) is 5.82 Å². The third-order valence-corrected chi connectivity index (χ3v) is 5.94. The minimum absolute atomic E-state index is 0.0337. The van der Waals surface area contributed by atoms with E-state index in [4.69, 9.17) is 9.88 Å². The molecule has 0 radical (unpaired) electrons. The summed E-state index contributed by atoms with van der Waals surface area (Å²) in [4.78, 5) is 24.0. The zero-order valence-corrected chi connectivity index (χ0v) is 18.5. The standard InChI is InChI=1S/C25H21N5O2S/c26-33-21-3-1-2-20(14-21)29-24-13-19(8-11-28-24)18-4-5-23-22(12-18)30(25(31)16-32-23)15-17-6-9-27-10-7-17/h1-14H,15-16,26H2,(H,28,29)/p+1. The lowest BCUT2D eigenvalue weighted by Crippen LogP contribution is -2.71. The van der Waals surface area contributed by atoms with Gasteiger partial charge < -0.3 is 9.64 Å². The number of pyridine rings is 2. The maximum Gasteiger partial charge on any atom is 0.265 e. The summed E-state index contributed by atoms with van der Waals surface area (Å²) in [7, 11) is 0. The van der Waals surface area contributed by atoms with Crippen molar-refractivity contribution >= 4 is 35.0 Å². The topological polar surface area (TPSA) is 98.0 Å². The number of nitrogens with two attached hydrogens (primary N) is 2. The highest BCUT2D eigenvalue weighted by atomic mass is 32.2. The first-order valence-corrected chi connectivity index (χ1v) is 11.3. The van der Waals surface area contributed by atoms with E-state index >= 15 is 0 Å². The monoisotopic (exact) mass is 456 g/mol. The van der Waals surface area contributed by atoms with Crippen LogP contribution in [0.1, 0.15) is 5.56 Å². The molecule has 4 aromatic rings. The Kier molecular flexibility index (Phi) is 6.03. The zero-order chi connectivity index (χ0) is 22.6. The van der Waals surface area contributed by atoms with Crippen LogP contribution >= 0.6 is 11.9 Å². The van der Waals surface area contributed by atoms with Crippen molar-refractivity contribution in [3.05, 3.63) is 90.9 Å². The summed E-state index contributed by atoms with van der Waals surface area (Å²) < 4.78 is 5.68. The lowest BCUT2D eigenvalue weighted by atomic mass is 10.0. The first kappa shape index (κ1) is 21.1. The van der Waals surface area contributed by atoms with E-state index in [0.29, 0.717) is 12.3 Å². The van der Waals surface area contributed by atoms with Crippen molar-refractivity contribution in [2.45, 2.75) is 11.4 Å². The summed E-state index contributed by atoms with van der Waals surface area (Å²) >= 11 is 1.22. The summed E-state index contributed by atoms with van der Waals surface area (Å²) in [5.74, 6) is 1.47. The van der Waals surface area contributed by atoms with E-state index in [-0.39, 0.29) is 12.5 Å². The molecule has 0 bridgehead atoms. The number of rotatable bonds is 6. The van der Waals surface area contributed by atoms with Gasteiger partial charge in [-0.15, -0.1) is 0 Å². The van der Waals surface area contributed by atoms with Crippen LogP contribution < -0.4 is 20.1 Å². The fourth-order valence-corrected chi connectivity index (χ4v) is 4.14. The van der Waals surface area contributed by atoms with Crippen LogP contribution in [0.4, 0.5) is 17.2 Å². The number of benzene rings is 2. The molecular formula is C25H22N5O2S+. The minimum atomic E-state index is -0.0714. The number of amides is 1. The van der Waals surface area contributed by atoms with Crippen LogP contribution in [0.25, 0.3) is 11.1 Å². The van der Waals surface area contributed by atoms with E-state index in [9.17, 15) is 4.79 Å². The van der Waals surface area contributed by atoms with Crippen LogP contribution in [0.2, 0.25) is 0 Å². The second-order valence-electron chi connectivity index (χ2n) is 7.61. The molecule has 1 aliphatic heterocycles. The number of ether oxygens (including phenoxy) is 1. The predicted octanol–water partition coefficient (Wildman–Crippen LogP) is 3.56. The van der Waals surface area contributed by atoms with Crippen molar-refractivity contribution in [2.75, 3.05) is 11.5 Å². The Hall–Kier alpha value is -3.72. The SMILES string of the molecule is NSc1cccc([NH2+]c2cc(-c3ccc4c(c3)N(Cc3ccncc3)C(=O)CO4)ccn2)c1. The molecule has 1 amide bonds. The Labute approximate surface area is 195 Å². The molecule has 0 unspecified atom stereocenters. The molecule has 8 heteroatoms. The summed E-state index contributed by atoms with van der Waals surface area (Å²) in [5, 5.41) is 7.70. The molecule has 2 aromatic heterocycles. The van der Waals surface area contributed by atoms with Crippen LogP contribution in [0.3, 0.4) is 0 Å². The average molecular weight is 457 g/mol. The van der Waals surface area contributed by atoms with Gasteiger partial charge in [-0.25, -0.2) is 4.98 Å². The van der Waals surface area contributed by atoms with Crippen LogP contribution in [0.15, 0.2) is 90.2 Å². The number of nitrogens with zero attached hydrogens (tertiary/aromatic N) is 3. The van der Waals surface area contributed by atoms with Crippen LogP contribution in [-0.4, -0.2) is 22.5 Å². The van der Waals surface area contributed by atoms with Gasteiger partial charge in [-0.1, -0.05) is 12.1 Å². The van der Waals surface area contributed by atoms with Gasteiger partial charge in [-0.05, 0) is 71.1 Å². The molecule has 5 rings (SSSR count). The number of hydrogen-bond acceptors (Lipinski definition) is 6. The maximum absolute atomic E-state index is 12.7. The number of anilines is 1. The first-order chi connectivity index (χ1) is 16.2. The fourth-order valence-electron chi connectivity index (χ4n) is 3.78. The predicted molar refractivity (Wildman–Crippen MR) is 128 cm³/mol. The molecule has 2 aromatic carbocycles. The normalized spacial score (nSPS) is 12.9. The summed E-state index contributed by atoms with van der Waals surface area (Å²) in [6.45, 7) is 0.498. The second kappa shape index (κ2) is 9.41. The maximum atomic E-state index is 12.7. The molecule has 164 valence electrons. The van der Waals surface area contributed by atoms with Crippen LogP contribution in [0.5, 0.6) is 5.75 Å². The molecule has 3 heterocycles. The van der Waals surface area contributed by atoms with E-state index in [1.807, 2.05) is 72.0 Å². The molecule has 0 saturated heterocycles. The van der Waals surface area contributed by atoms with Gasteiger partial charge in [-0.2, -0.15) is 0 Å². The highest BCUT2D eigenvalue weighted by Gasteiger charge is 2.26. The smallest absolute Gasteiger partial charge is 0.265 e.